The predicted octanol–water partition coefficient (Wildman–Crippen LogP) is 4.10. The molecule has 2 aromatic carbocycles. The summed E-state index contributed by atoms with van der Waals surface area (Å²) in [5.74, 6) is -0.267. The largest absolute Gasteiger partial charge is 0.322 e. The molecule has 1 heterocycles. The van der Waals surface area contributed by atoms with Crippen LogP contribution in [0.5, 0.6) is 0 Å². The van der Waals surface area contributed by atoms with E-state index in [-0.39, 0.29) is 11.7 Å². The number of anilines is 1. The standard InChI is InChI=1S/C19H16FN3O/c1-2-13-6-8-17(9-7-13)23-19(24)15-11-21-18(22-12-15)14-4-3-5-16(20)10-14/h3-12H,2H2,1H3,(H,23,24). The number of carbonyl (C=O) groups excluding carboxylic acids is 1. The zero-order valence-corrected chi connectivity index (χ0v) is 13.2. The van der Waals surface area contributed by atoms with E-state index in [0.29, 0.717) is 22.6 Å². The minimum Gasteiger partial charge on any atom is -0.322 e. The highest BCUT2D eigenvalue weighted by Gasteiger charge is 2.09. The van der Waals surface area contributed by atoms with Crippen LogP contribution in [0.4, 0.5) is 10.1 Å². The number of aromatic nitrogens is 2. The topological polar surface area (TPSA) is 54.9 Å². The lowest BCUT2D eigenvalue weighted by Gasteiger charge is -2.06. The molecular weight excluding hydrogens is 305 g/mol. The molecule has 0 aliphatic rings. The normalized spacial score (nSPS) is 10.4. The third-order valence-electron chi connectivity index (χ3n) is 3.62. The van der Waals surface area contributed by atoms with Crippen LogP contribution >= 0.6 is 0 Å². The lowest BCUT2D eigenvalue weighted by atomic mass is 10.1. The van der Waals surface area contributed by atoms with Crippen molar-refractivity contribution < 1.29 is 9.18 Å². The molecule has 0 saturated carbocycles. The van der Waals surface area contributed by atoms with Crippen molar-refractivity contribution in [2.45, 2.75) is 13.3 Å². The van der Waals surface area contributed by atoms with Crippen LogP contribution in [0.3, 0.4) is 0 Å². The summed E-state index contributed by atoms with van der Waals surface area (Å²) >= 11 is 0. The van der Waals surface area contributed by atoms with Gasteiger partial charge in [0.25, 0.3) is 5.91 Å². The molecule has 0 bridgehead atoms. The van der Waals surface area contributed by atoms with Gasteiger partial charge in [-0.15, -0.1) is 0 Å². The quantitative estimate of drug-likeness (QED) is 0.787. The molecule has 0 unspecified atom stereocenters. The van der Waals surface area contributed by atoms with Gasteiger partial charge in [-0.25, -0.2) is 14.4 Å². The number of rotatable bonds is 4. The van der Waals surface area contributed by atoms with Gasteiger partial charge in [0, 0.05) is 23.6 Å². The minimum absolute atomic E-state index is 0.287. The average Bonchev–Trinajstić information content (AvgIpc) is 2.62. The van der Waals surface area contributed by atoms with Gasteiger partial charge >= 0.3 is 0 Å². The van der Waals surface area contributed by atoms with Crippen molar-refractivity contribution in [3.05, 3.63) is 77.9 Å². The summed E-state index contributed by atoms with van der Waals surface area (Å²) in [6, 6.07) is 13.7. The van der Waals surface area contributed by atoms with Crippen LogP contribution in [0.2, 0.25) is 0 Å². The first-order valence-electron chi connectivity index (χ1n) is 7.64. The molecule has 0 spiro atoms. The number of nitrogens with zero attached hydrogens (tertiary/aromatic N) is 2. The molecule has 1 aromatic heterocycles. The highest BCUT2D eigenvalue weighted by molar-refractivity contribution is 6.03. The summed E-state index contributed by atoms with van der Waals surface area (Å²) in [6.07, 6.45) is 3.82. The summed E-state index contributed by atoms with van der Waals surface area (Å²) < 4.78 is 13.2. The Kier molecular flexibility index (Phi) is 4.61. The summed E-state index contributed by atoms with van der Waals surface area (Å²) in [4.78, 5) is 20.5. The second-order valence-electron chi connectivity index (χ2n) is 5.31. The number of hydrogen-bond donors (Lipinski definition) is 1. The number of nitrogens with one attached hydrogen (secondary N) is 1. The SMILES string of the molecule is CCc1ccc(NC(=O)c2cnc(-c3cccc(F)c3)nc2)cc1. The Morgan fingerprint density at radius 1 is 1.08 bits per heavy atom. The van der Waals surface area contributed by atoms with Crippen LogP contribution in [0, 0.1) is 5.82 Å². The van der Waals surface area contributed by atoms with E-state index in [4.69, 9.17) is 0 Å². The van der Waals surface area contributed by atoms with Crippen molar-refractivity contribution in [2.24, 2.45) is 0 Å². The molecule has 1 amide bonds. The molecule has 0 aliphatic carbocycles. The Morgan fingerprint density at radius 3 is 2.42 bits per heavy atom. The molecule has 0 saturated heterocycles. The van der Waals surface area contributed by atoms with Gasteiger partial charge in [-0.3, -0.25) is 4.79 Å². The van der Waals surface area contributed by atoms with Crippen LogP contribution in [0.25, 0.3) is 11.4 Å². The molecule has 0 fully saturated rings. The van der Waals surface area contributed by atoms with Crippen LogP contribution < -0.4 is 5.32 Å². The summed E-state index contributed by atoms with van der Waals surface area (Å²) in [6.45, 7) is 2.07. The molecule has 0 aliphatic heterocycles. The molecule has 3 aromatic rings. The van der Waals surface area contributed by atoms with Crippen molar-refractivity contribution in [3.8, 4) is 11.4 Å². The number of halogens is 1. The molecule has 0 radical (unpaired) electrons. The molecule has 4 nitrogen and oxygen atoms in total. The Morgan fingerprint density at radius 2 is 1.79 bits per heavy atom. The maximum Gasteiger partial charge on any atom is 0.258 e. The fourth-order valence-corrected chi connectivity index (χ4v) is 2.25. The van der Waals surface area contributed by atoms with Crippen LogP contribution in [-0.4, -0.2) is 15.9 Å². The predicted molar refractivity (Wildman–Crippen MR) is 91.2 cm³/mol. The fourth-order valence-electron chi connectivity index (χ4n) is 2.25. The minimum atomic E-state index is -0.353. The Hall–Kier alpha value is -3.08. The van der Waals surface area contributed by atoms with E-state index in [1.54, 1.807) is 12.1 Å². The van der Waals surface area contributed by atoms with Gasteiger partial charge in [-0.05, 0) is 36.2 Å². The highest BCUT2D eigenvalue weighted by Crippen LogP contribution is 2.16. The van der Waals surface area contributed by atoms with Gasteiger partial charge in [0.2, 0.25) is 0 Å². The third kappa shape index (κ3) is 3.63. The first-order chi connectivity index (χ1) is 11.7. The van der Waals surface area contributed by atoms with E-state index in [9.17, 15) is 9.18 Å². The van der Waals surface area contributed by atoms with Crippen molar-refractivity contribution in [2.75, 3.05) is 5.32 Å². The van der Waals surface area contributed by atoms with E-state index >= 15 is 0 Å². The fraction of sp³-hybridized carbons (Fsp3) is 0.105. The first kappa shape index (κ1) is 15.8. The molecule has 120 valence electrons. The van der Waals surface area contributed by atoms with Crippen LogP contribution in [0.1, 0.15) is 22.8 Å². The smallest absolute Gasteiger partial charge is 0.258 e. The molecule has 24 heavy (non-hydrogen) atoms. The van der Waals surface area contributed by atoms with Crippen molar-refractivity contribution in [1.29, 1.82) is 0 Å². The Labute approximate surface area is 139 Å². The van der Waals surface area contributed by atoms with Crippen molar-refractivity contribution >= 4 is 11.6 Å². The number of carbonyl (C=O) groups is 1. The van der Waals surface area contributed by atoms with E-state index in [2.05, 4.69) is 22.2 Å². The number of aryl methyl sites for hydroxylation is 1. The second kappa shape index (κ2) is 7.00. The van der Waals surface area contributed by atoms with Gasteiger partial charge in [0.15, 0.2) is 5.82 Å². The zero-order valence-electron chi connectivity index (χ0n) is 13.2. The van der Waals surface area contributed by atoms with Gasteiger partial charge in [0.05, 0.1) is 5.56 Å². The second-order valence-corrected chi connectivity index (χ2v) is 5.31. The average molecular weight is 321 g/mol. The van der Waals surface area contributed by atoms with Gasteiger partial charge in [-0.1, -0.05) is 31.2 Å². The van der Waals surface area contributed by atoms with Gasteiger partial charge < -0.3 is 5.32 Å². The molecule has 0 atom stereocenters. The van der Waals surface area contributed by atoms with Crippen LogP contribution in [0.15, 0.2) is 60.9 Å². The maximum absolute atomic E-state index is 13.2. The highest BCUT2D eigenvalue weighted by atomic mass is 19.1. The third-order valence-corrected chi connectivity index (χ3v) is 3.62. The van der Waals surface area contributed by atoms with Gasteiger partial charge in [0.1, 0.15) is 5.82 Å². The zero-order chi connectivity index (χ0) is 16.9. The summed E-state index contributed by atoms with van der Waals surface area (Å²) in [5, 5.41) is 2.80. The number of benzene rings is 2. The van der Waals surface area contributed by atoms with E-state index in [0.717, 1.165) is 6.42 Å². The van der Waals surface area contributed by atoms with E-state index in [1.807, 2.05) is 24.3 Å². The molecule has 1 N–H and O–H groups in total. The lowest BCUT2D eigenvalue weighted by Crippen LogP contribution is -2.12. The number of hydrogen-bond acceptors (Lipinski definition) is 3. The van der Waals surface area contributed by atoms with Crippen molar-refractivity contribution in [1.82, 2.24) is 9.97 Å². The Bertz CT molecular complexity index is 845. The lowest BCUT2D eigenvalue weighted by molar-refractivity contribution is 0.102. The van der Waals surface area contributed by atoms with Gasteiger partial charge in [-0.2, -0.15) is 0 Å². The molecular formula is C19H16FN3O. The van der Waals surface area contributed by atoms with Crippen LogP contribution in [-0.2, 0) is 6.42 Å². The van der Waals surface area contributed by atoms with E-state index < -0.39 is 0 Å². The maximum atomic E-state index is 13.2. The Balaban J connectivity index is 1.73. The van der Waals surface area contributed by atoms with E-state index in [1.165, 1.54) is 30.1 Å². The first-order valence-corrected chi connectivity index (χ1v) is 7.64. The molecule has 5 heteroatoms. The van der Waals surface area contributed by atoms with Crippen molar-refractivity contribution in [3.63, 3.8) is 0 Å². The number of amides is 1. The monoisotopic (exact) mass is 321 g/mol. The summed E-state index contributed by atoms with van der Waals surface area (Å²) in [5.41, 5.74) is 2.83. The molecule has 3 rings (SSSR count). The summed E-state index contributed by atoms with van der Waals surface area (Å²) in [7, 11) is 0.